The van der Waals surface area contributed by atoms with Gasteiger partial charge in [-0.1, -0.05) is 0 Å². The quantitative estimate of drug-likeness (QED) is 0.322. The van der Waals surface area contributed by atoms with Crippen LogP contribution in [0.2, 0.25) is 0 Å². The lowest BCUT2D eigenvalue weighted by Gasteiger charge is -2.18. The maximum Gasteiger partial charge on any atom is 0.120 e. The summed E-state index contributed by atoms with van der Waals surface area (Å²) in [6.07, 6.45) is 1.88. The fourth-order valence-electron chi connectivity index (χ4n) is 0.388. The van der Waals surface area contributed by atoms with Crippen molar-refractivity contribution in [1.29, 1.82) is 0 Å². The average molecular weight is 165 g/mol. The number of hydrogen-bond donors (Lipinski definition) is 3. The fraction of sp³-hybridized carbons (Fsp3) is 0.800. The van der Waals surface area contributed by atoms with Crippen molar-refractivity contribution in [2.75, 3.05) is 5.75 Å². The lowest BCUT2D eigenvalue weighted by molar-refractivity contribution is -0.108. The van der Waals surface area contributed by atoms with Crippen molar-refractivity contribution in [3.8, 4) is 0 Å². The minimum absolute atomic E-state index is 0.459. The van der Waals surface area contributed by atoms with Gasteiger partial charge >= 0.3 is 0 Å². The summed E-state index contributed by atoms with van der Waals surface area (Å²) in [4.78, 5) is 9.27. The zero-order valence-electron chi connectivity index (χ0n) is 5.08. The highest BCUT2D eigenvalue weighted by atomic mass is 32.1. The van der Waals surface area contributed by atoms with E-state index >= 15 is 0 Å². The zero-order valence-corrected chi connectivity index (χ0v) is 6.87. The molecule has 2 nitrogen and oxygen atoms in total. The van der Waals surface area contributed by atoms with Crippen molar-refractivity contribution in [3.63, 3.8) is 0 Å². The molecule has 0 aromatic rings. The van der Waals surface area contributed by atoms with E-state index in [9.17, 15) is 4.79 Å². The first-order chi connectivity index (χ1) is 4.12. The van der Waals surface area contributed by atoms with E-state index in [4.69, 9.17) is 5.73 Å². The molecule has 0 aromatic heterocycles. The molecule has 0 spiro atoms. The van der Waals surface area contributed by atoms with Crippen molar-refractivity contribution < 1.29 is 4.79 Å². The van der Waals surface area contributed by atoms with Crippen LogP contribution in [0.15, 0.2) is 0 Å². The van der Waals surface area contributed by atoms with E-state index in [-0.39, 0.29) is 0 Å². The van der Waals surface area contributed by atoms with E-state index in [0.717, 1.165) is 6.29 Å². The first-order valence-corrected chi connectivity index (χ1v) is 3.76. The lowest BCUT2D eigenvalue weighted by Crippen LogP contribution is -2.35. The molecule has 0 saturated heterocycles. The van der Waals surface area contributed by atoms with Gasteiger partial charge in [-0.3, -0.25) is 0 Å². The molecule has 0 fully saturated rings. The second kappa shape index (κ2) is 4.19. The number of aldehydes is 1. The highest BCUT2D eigenvalue weighted by molar-refractivity contribution is 7.85. The molecule has 0 saturated carbocycles. The van der Waals surface area contributed by atoms with Crippen LogP contribution in [0.4, 0.5) is 0 Å². The van der Waals surface area contributed by atoms with Gasteiger partial charge < -0.3 is 10.5 Å². The van der Waals surface area contributed by atoms with Gasteiger partial charge in [-0.2, -0.15) is 25.3 Å². The molecule has 54 valence electrons. The number of hydrogen-bond acceptors (Lipinski definition) is 4. The summed E-state index contributed by atoms with van der Waals surface area (Å²) in [6, 6.07) is 0. The smallest absolute Gasteiger partial charge is 0.120 e. The minimum atomic E-state index is -0.579. The molecule has 9 heavy (non-hydrogen) atoms. The van der Waals surface area contributed by atoms with Crippen LogP contribution in [0.25, 0.3) is 0 Å². The van der Waals surface area contributed by atoms with Gasteiger partial charge in [0.25, 0.3) is 0 Å². The van der Waals surface area contributed by atoms with Gasteiger partial charge in [-0.25, -0.2) is 0 Å². The molecule has 0 aliphatic heterocycles. The SMILES string of the molecule is NC(S)(CS)CCC=O. The Morgan fingerprint density at radius 2 is 2.22 bits per heavy atom. The van der Waals surface area contributed by atoms with Crippen LogP contribution < -0.4 is 5.73 Å². The van der Waals surface area contributed by atoms with Crippen LogP contribution in [-0.2, 0) is 4.79 Å². The summed E-state index contributed by atoms with van der Waals surface area (Å²) < 4.78 is 0. The molecule has 1 unspecified atom stereocenters. The Hall–Kier alpha value is 0.330. The molecular weight excluding hydrogens is 154 g/mol. The van der Waals surface area contributed by atoms with E-state index in [1.165, 1.54) is 0 Å². The van der Waals surface area contributed by atoms with Crippen LogP contribution in [0.3, 0.4) is 0 Å². The number of rotatable bonds is 4. The fourth-order valence-corrected chi connectivity index (χ4v) is 0.675. The number of carbonyl (C=O) groups is 1. The summed E-state index contributed by atoms with van der Waals surface area (Å²) in [5.74, 6) is 0.490. The van der Waals surface area contributed by atoms with Crippen LogP contribution in [-0.4, -0.2) is 16.9 Å². The van der Waals surface area contributed by atoms with E-state index in [1.807, 2.05) is 0 Å². The van der Waals surface area contributed by atoms with Gasteiger partial charge in [0.15, 0.2) is 0 Å². The second-order valence-corrected chi connectivity index (χ2v) is 3.17. The molecule has 0 bridgehead atoms. The molecule has 0 heterocycles. The first kappa shape index (κ1) is 9.33. The van der Waals surface area contributed by atoms with Crippen molar-refractivity contribution in [2.24, 2.45) is 5.73 Å². The monoisotopic (exact) mass is 165 g/mol. The molecule has 0 aromatic carbocycles. The number of carbonyl (C=O) groups excluding carboxylic acids is 1. The Morgan fingerprint density at radius 1 is 1.67 bits per heavy atom. The molecule has 1 atom stereocenters. The maximum absolute atomic E-state index is 9.85. The van der Waals surface area contributed by atoms with Gasteiger partial charge in [0.2, 0.25) is 0 Å². The summed E-state index contributed by atoms with van der Waals surface area (Å²) in [7, 11) is 0. The average Bonchev–Trinajstić information content (AvgIpc) is 1.84. The van der Waals surface area contributed by atoms with Gasteiger partial charge in [-0.15, -0.1) is 0 Å². The van der Waals surface area contributed by atoms with Crippen LogP contribution in [0.5, 0.6) is 0 Å². The van der Waals surface area contributed by atoms with Gasteiger partial charge in [0.1, 0.15) is 6.29 Å². The highest BCUT2D eigenvalue weighted by Gasteiger charge is 2.15. The Morgan fingerprint density at radius 3 is 2.56 bits per heavy atom. The topological polar surface area (TPSA) is 43.1 Å². The normalized spacial score (nSPS) is 16.8. The van der Waals surface area contributed by atoms with Crippen LogP contribution in [0.1, 0.15) is 12.8 Å². The van der Waals surface area contributed by atoms with Gasteiger partial charge in [0.05, 0.1) is 4.87 Å². The maximum atomic E-state index is 9.85. The molecule has 0 aliphatic rings. The third kappa shape index (κ3) is 4.81. The van der Waals surface area contributed by atoms with Crippen molar-refractivity contribution >= 4 is 31.5 Å². The van der Waals surface area contributed by atoms with E-state index in [2.05, 4.69) is 25.3 Å². The summed E-state index contributed by atoms with van der Waals surface area (Å²) in [6.45, 7) is 0. The third-order valence-electron chi connectivity index (χ3n) is 0.969. The second-order valence-electron chi connectivity index (χ2n) is 1.97. The zero-order chi connectivity index (χ0) is 7.33. The summed E-state index contributed by atoms with van der Waals surface area (Å²) >= 11 is 8.02. The van der Waals surface area contributed by atoms with E-state index < -0.39 is 4.87 Å². The minimum Gasteiger partial charge on any atom is -0.316 e. The molecular formula is C5H11NOS2. The number of thiol groups is 2. The largest absolute Gasteiger partial charge is 0.316 e. The standard InChI is InChI=1S/C5H11NOS2/c6-5(9,4-8)2-1-3-7/h3,8-9H,1-2,4,6H2. The van der Waals surface area contributed by atoms with Gasteiger partial charge in [-0.05, 0) is 6.42 Å². The van der Waals surface area contributed by atoms with Crippen LogP contribution >= 0.6 is 25.3 Å². The Balaban J connectivity index is 3.44. The Labute approximate surface area is 66.0 Å². The first-order valence-electron chi connectivity index (χ1n) is 2.68. The molecule has 4 heteroatoms. The van der Waals surface area contributed by atoms with Gasteiger partial charge in [0, 0.05) is 12.2 Å². The molecule has 0 radical (unpaired) electrons. The lowest BCUT2D eigenvalue weighted by atomic mass is 10.2. The van der Waals surface area contributed by atoms with E-state index in [0.29, 0.717) is 18.6 Å². The van der Waals surface area contributed by atoms with Crippen molar-refractivity contribution in [1.82, 2.24) is 0 Å². The number of nitrogens with two attached hydrogens (primary N) is 1. The van der Waals surface area contributed by atoms with E-state index in [1.54, 1.807) is 0 Å². The Bertz CT molecular complexity index is 95.0. The molecule has 0 aliphatic carbocycles. The third-order valence-corrected chi connectivity index (χ3v) is 2.16. The summed E-state index contributed by atoms with van der Waals surface area (Å²) in [5.41, 5.74) is 5.53. The van der Waals surface area contributed by atoms with Crippen molar-refractivity contribution in [2.45, 2.75) is 17.7 Å². The van der Waals surface area contributed by atoms with Crippen molar-refractivity contribution in [3.05, 3.63) is 0 Å². The molecule has 0 rings (SSSR count). The predicted molar refractivity (Wildman–Crippen MR) is 45.1 cm³/mol. The summed E-state index contributed by atoms with van der Waals surface area (Å²) in [5, 5.41) is 0. The molecule has 2 N–H and O–H groups in total. The van der Waals surface area contributed by atoms with Crippen LogP contribution in [0, 0.1) is 0 Å². The molecule has 0 amide bonds. The Kier molecular flexibility index (Phi) is 4.35. The predicted octanol–water partition coefficient (Wildman–Crippen LogP) is 0.480. The highest BCUT2D eigenvalue weighted by Crippen LogP contribution is 2.14.